The van der Waals surface area contributed by atoms with Gasteiger partial charge in [0.05, 0.1) is 30.0 Å². The standard InChI is InChI=1S/C25H26N2O4/c1-3-17-31-23-12-8-6-10-21(23)25(29)27-22-11-7-5-9-20(22)24(28)26-18-13-15-19(16-14-18)30-4-2/h5-16H,3-4,17H2,1-2H3,(H,26,28)(H,27,29). The molecule has 6 nitrogen and oxygen atoms in total. The Morgan fingerprint density at radius 3 is 2.10 bits per heavy atom. The van der Waals surface area contributed by atoms with Crippen LogP contribution in [0.3, 0.4) is 0 Å². The van der Waals surface area contributed by atoms with E-state index >= 15 is 0 Å². The maximum absolute atomic E-state index is 12.9. The molecule has 0 unspecified atom stereocenters. The molecule has 0 aliphatic rings. The van der Waals surface area contributed by atoms with Gasteiger partial charge in [-0.1, -0.05) is 31.2 Å². The van der Waals surface area contributed by atoms with Gasteiger partial charge in [0.1, 0.15) is 11.5 Å². The highest BCUT2D eigenvalue weighted by Crippen LogP contribution is 2.23. The summed E-state index contributed by atoms with van der Waals surface area (Å²) in [5.74, 6) is 0.582. The minimum Gasteiger partial charge on any atom is -0.494 e. The first-order chi connectivity index (χ1) is 15.1. The normalized spacial score (nSPS) is 10.3. The summed E-state index contributed by atoms with van der Waals surface area (Å²) in [6, 6.07) is 21.1. The van der Waals surface area contributed by atoms with Crippen LogP contribution in [-0.2, 0) is 0 Å². The lowest BCUT2D eigenvalue weighted by molar-refractivity contribution is 0.102. The third-order valence-corrected chi connectivity index (χ3v) is 4.44. The molecule has 0 saturated carbocycles. The van der Waals surface area contributed by atoms with Crippen molar-refractivity contribution in [3.63, 3.8) is 0 Å². The lowest BCUT2D eigenvalue weighted by Gasteiger charge is -2.14. The third kappa shape index (κ3) is 5.85. The van der Waals surface area contributed by atoms with Crippen molar-refractivity contribution < 1.29 is 19.1 Å². The number of para-hydroxylation sites is 2. The quantitative estimate of drug-likeness (QED) is 0.489. The van der Waals surface area contributed by atoms with Gasteiger partial charge in [-0.05, 0) is 61.9 Å². The summed E-state index contributed by atoms with van der Waals surface area (Å²) in [4.78, 5) is 25.7. The van der Waals surface area contributed by atoms with E-state index in [9.17, 15) is 9.59 Å². The zero-order chi connectivity index (χ0) is 22.1. The second kappa shape index (κ2) is 10.8. The summed E-state index contributed by atoms with van der Waals surface area (Å²) >= 11 is 0. The van der Waals surface area contributed by atoms with Crippen LogP contribution in [0.1, 0.15) is 41.0 Å². The Hall–Kier alpha value is -3.80. The largest absolute Gasteiger partial charge is 0.494 e. The smallest absolute Gasteiger partial charge is 0.259 e. The molecule has 0 radical (unpaired) electrons. The number of hydrogen-bond donors (Lipinski definition) is 2. The predicted molar refractivity (Wildman–Crippen MR) is 122 cm³/mol. The SMILES string of the molecule is CCCOc1ccccc1C(=O)Nc1ccccc1C(=O)Nc1ccc(OCC)cc1. The number of carbonyl (C=O) groups excluding carboxylic acids is 2. The van der Waals surface area contributed by atoms with Crippen molar-refractivity contribution in [2.45, 2.75) is 20.3 Å². The Labute approximate surface area is 182 Å². The van der Waals surface area contributed by atoms with Crippen molar-refractivity contribution >= 4 is 23.2 Å². The fourth-order valence-electron chi connectivity index (χ4n) is 2.97. The molecule has 0 bridgehead atoms. The second-order valence-electron chi connectivity index (χ2n) is 6.76. The monoisotopic (exact) mass is 418 g/mol. The molecule has 0 spiro atoms. The van der Waals surface area contributed by atoms with E-state index < -0.39 is 0 Å². The van der Waals surface area contributed by atoms with E-state index in [1.54, 1.807) is 66.7 Å². The Kier molecular flexibility index (Phi) is 7.65. The van der Waals surface area contributed by atoms with Gasteiger partial charge in [0, 0.05) is 5.69 Å². The van der Waals surface area contributed by atoms with Crippen LogP contribution < -0.4 is 20.1 Å². The highest BCUT2D eigenvalue weighted by molar-refractivity contribution is 6.13. The topological polar surface area (TPSA) is 76.7 Å². The molecular formula is C25H26N2O4. The average Bonchev–Trinajstić information content (AvgIpc) is 2.79. The Morgan fingerprint density at radius 1 is 0.742 bits per heavy atom. The molecule has 0 fully saturated rings. The number of amides is 2. The van der Waals surface area contributed by atoms with E-state index in [1.165, 1.54) is 0 Å². The van der Waals surface area contributed by atoms with Crippen molar-refractivity contribution in [1.82, 2.24) is 0 Å². The highest BCUT2D eigenvalue weighted by Gasteiger charge is 2.17. The van der Waals surface area contributed by atoms with Gasteiger partial charge in [-0.25, -0.2) is 0 Å². The van der Waals surface area contributed by atoms with Crippen molar-refractivity contribution in [3.8, 4) is 11.5 Å². The fraction of sp³-hybridized carbons (Fsp3) is 0.200. The van der Waals surface area contributed by atoms with E-state index in [1.807, 2.05) is 19.9 Å². The number of nitrogens with one attached hydrogen (secondary N) is 2. The molecule has 6 heteroatoms. The lowest BCUT2D eigenvalue weighted by atomic mass is 10.1. The van der Waals surface area contributed by atoms with Gasteiger partial charge in [-0.15, -0.1) is 0 Å². The van der Waals surface area contributed by atoms with Crippen LogP contribution in [-0.4, -0.2) is 25.0 Å². The summed E-state index contributed by atoms with van der Waals surface area (Å²) in [7, 11) is 0. The summed E-state index contributed by atoms with van der Waals surface area (Å²) in [6.07, 6.45) is 0.838. The first-order valence-electron chi connectivity index (χ1n) is 10.3. The van der Waals surface area contributed by atoms with Crippen molar-refractivity contribution in [1.29, 1.82) is 0 Å². The van der Waals surface area contributed by atoms with Gasteiger partial charge in [-0.3, -0.25) is 9.59 Å². The van der Waals surface area contributed by atoms with Crippen LogP contribution in [0.2, 0.25) is 0 Å². The molecule has 31 heavy (non-hydrogen) atoms. The van der Waals surface area contributed by atoms with E-state index in [0.29, 0.717) is 41.5 Å². The van der Waals surface area contributed by atoms with Gasteiger partial charge in [0.2, 0.25) is 0 Å². The van der Waals surface area contributed by atoms with E-state index in [4.69, 9.17) is 9.47 Å². The van der Waals surface area contributed by atoms with Crippen LogP contribution in [0.15, 0.2) is 72.8 Å². The van der Waals surface area contributed by atoms with E-state index in [-0.39, 0.29) is 11.8 Å². The van der Waals surface area contributed by atoms with Gasteiger partial charge < -0.3 is 20.1 Å². The maximum Gasteiger partial charge on any atom is 0.259 e. The molecule has 2 N–H and O–H groups in total. The van der Waals surface area contributed by atoms with Crippen LogP contribution in [0, 0.1) is 0 Å². The number of anilines is 2. The summed E-state index contributed by atoms with van der Waals surface area (Å²) in [6.45, 7) is 5.01. The Bertz CT molecular complexity index is 1030. The first-order valence-corrected chi connectivity index (χ1v) is 10.3. The second-order valence-corrected chi connectivity index (χ2v) is 6.76. The summed E-state index contributed by atoms with van der Waals surface area (Å²) < 4.78 is 11.1. The van der Waals surface area contributed by atoms with Gasteiger partial charge >= 0.3 is 0 Å². The number of benzene rings is 3. The van der Waals surface area contributed by atoms with Crippen LogP contribution in [0.5, 0.6) is 11.5 Å². The van der Waals surface area contributed by atoms with Crippen molar-refractivity contribution in [2.75, 3.05) is 23.8 Å². The third-order valence-electron chi connectivity index (χ3n) is 4.44. The minimum absolute atomic E-state index is 0.324. The van der Waals surface area contributed by atoms with Crippen LogP contribution >= 0.6 is 0 Å². The van der Waals surface area contributed by atoms with Crippen LogP contribution in [0.4, 0.5) is 11.4 Å². The number of carbonyl (C=O) groups is 2. The molecule has 0 atom stereocenters. The first kappa shape index (κ1) is 21.9. The maximum atomic E-state index is 12.9. The molecule has 3 aromatic rings. The van der Waals surface area contributed by atoms with Gasteiger partial charge in [0.25, 0.3) is 11.8 Å². The molecule has 0 saturated heterocycles. The molecule has 0 aromatic heterocycles. The zero-order valence-electron chi connectivity index (χ0n) is 17.7. The Balaban J connectivity index is 1.76. The molecule has 160 valence electrons. The average molecular weight is 418 g/mol. The minimum atomic E-state index is -0.340. The molecule has 0 heterocycles. The molecule has 2 amide bonds. The molecule has 0 aliphatic heterocycles. The van der Waals surface area contributed by atoms with Gasteiger partial charge in [0.15, 0.2) is 0 Å². The molecular weight excluding hydrogens is 392 g/mol. The molecule has 3 rings (SSSR count). The lowest BCUT2D eigenvalue weighted by Crippen LogP contribution is -2.19. The zero-order valence-corrected chi connectivity index (χ0v) is 17.7. The fourth-order valence-corrected chi connectivity index (χ4v) is 2.97. The number of ether oxygens (including phenoxy) is 2. The van der Waals surface area contributed by atoms with E-state index in [2.05, 4.69) is 10.6 Å². The van der Waals surface area contributed by atoms with Gasteiger partial charge in [-0.2, -0.15) is 0 Å². The number of hydrogen-bond acceptors (Lipinski definition) is 4. The predicted octanol–water partition coefficient (Wildman–Crippen LogP) is 5.38. The van der Waals surface area contributed by atoms with Crippen molar-refractivity contribution in [3.05, 3.63) is 83.9 Å². The van der Waals surface area contributed by atoms with Crippen LogP contribution in [0.25, 0.3) is 0 Å². The molecule has 3 aromatic carbocycles. The van der Waals surface area contributed by atoms with Crippen molar-refractivity contribution in [2.24, 2.45) is 0 Å². The summed E-state index contributed by atoms with van der Waals surface area (Å²) in [5.41, 5.74) is 1.82. The number of rotatable bonds is 9. The van der Waals surface area contributed by atoms with E-state index in [0.717, 1.165) is 12.2 Å². The highest BCUT2D eigenvalue weighted by atomic mass is 16.5. The summed E-state index contributed by atoms with van der Waals surface area (Å²) in [5, 5.41) is 5.69. The molecule has 0 aliphatic carbocycles. The Morgan fingerprint density at radius 2 is 1.39 bits per heavy atom.